The minimum Gasteiger partial charge on any atom is -0.497 e. The van der Waals surface area contributed by atoms with Gasteiger partial charge in [-0.25, -0.2) is 0 Å². The maximum atomic E-state index is 14.4. The summed E-state index contributed by atoms with van der Waals surface area (Å²) in [7, 11) is 1.58. The van der Waals surface area contributed by atoms with Crippen LogP contribution in [0.25, 0.3) is 0 Å². The Bertz CT molecular complexity index is 1160. The van der Waals surface area contributed by atoms with Gasteiger partial charge in [-0.15, -0.1) is 0 Å². The number of ether oxygens (including phenoxy) is 2. The topological polar surface area (TPSA) is 97.0 Å². The van der Waals surface area contributed by atoms with Gasteiger partial charge in [0.2, 0.25) is 17.7 Å². The lowest BCUT2D eigenvalue weighted by molar-refractivity contribution is -0.146. The summed E-state index contributed by atoms with van der Waals surface area (Å²) >= 11 is 0. The van der Waals surface area contributed by atoms with Crippen LogP contribution in [0.2, 0.25) is 0 Å². The van der Waals surface area contributed by atoms with Crippen LogP contribution in [0.5, 0.6) is 5.75 Å². The van der Waals surface area contributed by atoms with Gasteiger partial charge in [0, 0.05) is 23.8 Å². The second-order valence-electron chi connectivity index (χ2n) is 12.3. The van der Waals surface area contributed by atoms with Gasteiger partial charge in [0.1, 0.15) is 17.4 Å². The lowest BCUT2D eigenvalue weighted by Gasteiger charge is -2.44. The van der Waals surface area contributed by atoms with Crippen molar-refractivity contribution in [3.63, 3.8) is 0 Å². The van der Waals surface area contributed by atoms with Gasteiger partial charge in [-0.05, 0) is 43.2 Å². The number of methoxy groups -OCH3 is 1. The highest BCUT2D eigenvalue weighted by molar-refractivity contribution is 6.03. The van der Waals surface area contributed by atoms with Crippen LogP contribution in [0.4, 0.5) is 5.69 Å². The molecule has 1 aromatic carbocycles. The fraction of sp³-hybridized carbons (Fsp3) is 0.645. The zero-order chi connectivity index (χ0) is 27.3. The van der Waals surface area contributed by atoms with Gasteiger partial charge in [0.15, 0.2) is 0 Å². The number of benzene rings is 1. The van der Waals surface area contributed by atoms with Crippen molar-refractivity contribution < 1.29 is 23.9 Å². The second kappa shape index (κ2) is 10.3. The third kappa shape index (κ3) is 4.35. The Morgan fingerprint density at radius 1 is 1.05 bits per heavy atom. The highest BCUT2D eigenvalue weighted by atomic mass is 16.5. The zero-order valence-corrected chi connectivity index (χ0v) is 23.2. The molecular formula is C31H41N3O5. The molecule has 3 amide bonds. The number of nitrogens with one attached hydrogen (secondary N) is 2. The van der Waals surface area contributed by atoms with E-state index in [4.69, 9.17) is 9.47 Å². The Kier molecular flexibility index (Phi) is 6.94. The smallest absolute Gasteiger partial charge is 0.246 e. The molecule has 1 spiro atoms. The first-order valence-corrected chi connectivity index (χ1v) is 14.8. The first-order chi connectivity index (χ1) is 18.8. The molecular weight excluding hydrogens is 494 g/mol. The van der Waals surface area contributed by atoms with Gasteiger partial charge >= 0.3 is 0 Å². The van der Waals surface area contributed by atoms with E-state index in [1.807, 2.05) is 29.2 Å². The first kappa shape index (κ1) is 26.4. The first-order valence-electron chi connectivity index (χ1n) is 14.8. The molecule has 1 aromatic rings. The largest absolute Gasteiger partial charge is 0.497 e. The number of hydrogen-bond acceptors (Lipinski definition) is 5. The fourth-order valence-electron chi connectivity index (χ4n) is 7.96. The van der Waals surface area contributed by atoms with Gasteiger partial charge in [0.25, 0.3) is 0 Å². The van der Waals surface area contributed by atoms with Crippen LogP contribution in [0.1, 0.15) is 65.2 Å². The molecule has 2 N–H and O–H groups in total. The van der Waals surface area contributed by atoms with E-state index in [1.165, 1.54) is 6.42 Å². The molecule has 4 fully saturated rings. The van der Waals surface area contributed by atoms with E-state index in [1.54, 1.807) is 19.2 Å². The minimum absolute atomic E-state index is 0.0542. The van der Waals surface area contributed by atoms with E-state index < -0.39 is 29.6 Å². The molecule has 2 saturated heterocycles. The number of carbonyl (C=O) groups is 3. The van der Waals surface area contributed by atoms with Crippen molar-refractivity contribution >= 4 is 23.4 Å². The quantitative estimate of drug-likeness (QED) is 0.536. The molecule has 5 aliphatic rings. The number of fused-ring (bicyclic) bond motifs is 1. The normalized spacial score (nSPS) is 37.6. The maximum Gasteiger partial charge on any atom is 0.246 e. The molecule has 2 aliphatic carbocycles. The van der Waals surface area contributed by atoms with Gasteiger partial charge < -0.3 is 25.0 Å². The van der Waals surface area contributed by atoms with Crippen LogP contribution in [0.15, 0.2) is 36.4 Å². The summed E-state index contributed by atoms with van der Waals surface area (Å²) in [5.74, 6) is -0.619. The van der Waals surface area contributed by atoms with Gasteiger partial charge in [-0.1, -0.05) is 64.2 Å². The number of amides is 3. The molecule has 8 heteroatoms. The molecule has 0 unspecified atom stereocenters. The number of carbonyl (C=O) groups excluding carboxylic acids is 3. The standard InChI is InChI=1S/C31H41N3O5/c1-18-9-7-14-23(19(18)2)34-27(29(36)32-20-10-5-4-6-11-20)31-16-15-24(39-31)25(26(31)30(34)37)28(35)33-21-12-8-13-22(17-21)38-3/h8,12-13,15-20,23-27H,4-7,9-11,14H2,1-3H3,(H,32,36)(H,33,35)/t18-,19-,23+,24-,25+,26-,27-,31-/m0/s1. The van der Waals surface area contributed by atoms with E-state index in [2.05, 4.69) is 24.5 Å². The maximum absolute atomic E-state index is 14.4. The minimum atomic E-state index is -1.13. The van der Waals surface area contributed by atoms with E-state index in [9.17, 15) is 14.4 Å². The van der Waals surface area contributed by atoms with Crippen molar-refractivity contribution in [1.29, 1.82) is 0 Å². The fourth-order valence-corrected chi connectivity index (χ4v) is 7.96. The van der Waals surface area contributed by atoms with E-state index >= 15 is 0 Å². The van der Waals surface area contributed by atoms with Crippen molar-refractivity contribution in [3.05, 3.63) is 36.4 Å². The van der Waals surface area contributed by atoms with Crippen LogP contribution in [0.3, 0.4) is 0 Å². The van der Waals surface area contributed by atoms with Crippen molar-refractivity contribution in [2.24, 2.45) is 23.7 Å². The zero-order valence-electron chi connectivity index (χ0n) is 23.2. The average Bonchev–Trinajstić information content (AvgIpc) is 3.58. The Labute approximate surface area is 230 Å². The second-order valence-corrected chi connectivity index (χ2v) is 12.3. The van der Waals surface area contributed by atoms with Crippen molar-refractivity contribution in [3.8, 4) is 5.75 Å². The lowest BCUT2D eigenvalue weighted by atomic mass is 9.74. The number of nitrogens with zero attached hydrogens (tertiary/aromatic N) is 1. The van der Waals surface area contributed by atoms with Gasteiger partial charge in [0.05, 0.1) is 25.0 Å². The van der Waals surface area contributed by atoms with Crippen LogP contribution < -0.4 is 15.4 Å². The van der Waals surface area contributed by atoms with E-state index in [0.29, 0.717) is 17.4 Å². The molecule has 2 bridgehead atoms. The highest BCUT2D eigenvalue weighted by Crippen LogP contribution is 2.57. The number of anilines is 1. The molecule has 0 radical (unpaired) electrons. The Balaban J connectivity index is 1.33. The predicted octanol–water partition coefficient (Wildman–Crippen LogP) is 4.06. The predicted molar refractivity (Wildman–Crippen MR) is 147 cm³/mol. The van der Waals surface area contributed by atoms with Crippen LogP contribution in [-0.4, -0.2) is 59.6 Å². The number of rotatable bonds is 6. The highest BCUT2D eigenvalue weighted by Gasteiger charge is 2.73. The van der Waals surface area contributed by atoms with Crippen LogP contribution in [-0.2, 0) is 19.1 Å². The summed E-state index contributed by atoms with van der Waals surface area (Å²) in [6, 6.07) is 6.48. The molecule has 39 heavy (non-hydrogen) atoms. The lowest BCUT2D eigenvalue weighted by Crippen LogP contribution is -2.60. The molecule has 2 saturated carbocycles. The van der Waals surface area contributed by atoms with Crippen molar-refractivity contribution in [2.45, 2.75) is 95.0 Å². The molecule has 8 nitrogen and oxygen atoms in total. The molecule has 8 atom stereocenters. The number of hydrogen-bond donors (Lipinski definition) is 2. The molecule has 3 heterocycles. The summed E-state index contributed by atoms with van der Waals surface area (Å²) in [6.07, 6.45) is 11.6. The third-order valence-electron chi connectivity index (χ3n) is 10.2. The Morgan fingerprint density at radius 3 is 2.62 bits per heavy atom. The summed E-state index contributed by atoms with van der Waals surface area (Å²) in [5, 5.41) is 6.29. The summed E-state index contributed by atoms with van der Waals surface area (Å²) in [6.45, 7) is 4.44. The Hall–Kier alpha value is -2.87. The SMILES string of the molecule is COc1cccc(NC(=O)[C@@H]2[C@@H]3C=C[C@]4(O3)[C@@H]2C(=O)N([C@@H]2CCC[C@H](C)[C@@H]2C)[C@H]4C(=O)NC2CCCCC2)c1. The monoisotopic (exact) mass is 535 g/mol. The van der Waals surface area contributed by atoms with Crippen molar-refractivity contribution in [1.82, 2.24) is 10.2 Å². The molecule has 6 rings (SSSR count). The van der Waals surface area contributed by atoms with Crippen LogP contribution in [0, 0.1) is 23.7 Å². The molecule has 210 valence electrons. The molecule has 0 aromatic heterocycles. The van der Waals surface area contributed by atoms with E-state index in [-0.39, 0.29) is 35.7 Å². The number of likely N-dealkylation sites (tertiary alicyclic amines) is 1. The van der Waals surface area contributed by atoms with Crippen LogP contribution >= 0.6 is 0 Å². The summed E-state index contributed by atoms with van der Waals surface area (Å²) in [4.78, 5) is 44.2. The Morgan fingerprint density at radius 2 is 1.85 bits per heavy atom. The van der Waals surface area contributed by atoms with E-state index in [0.717, 1.165) is 44.9 Å². The van der Waals surface area contributed by atoms with Crippen molar-refractivity contribution in [2.75, 3.05) is 12.4 Å². The molecule has 3 aliphatic heterocycles. The van der Waals surface area contributed by atoms with Gasteiger partial charge in [-0.2, -0.15) is 0 Å². The summed E-state index contributed by atoms with van der Waals surface area (Å²) < 4.78 is 11.9. The van der Waals surface area contributed by atoms with Gasteiger partial charge in [-0.3, -0.25) is 14.4 Å². The average molecular weight is 536 g/mol. The third-order valence-corrected chi connectivity index (χ3v) is 10.2. The summed E-state index contributed by atoms with van der Waals surface area (Å²) in [5.41, 5.74) is -0.527.